The highest BCUT2D eigenvalue weighted by molar-refractivity contribution is 7.21. The summed E-state index contributed by atoms with van der Waals surface area (Å²) in [7, 11) is 1.75. The molecule has 0 atom stereocenters. The van der Waals surface area contributed by atoms with Crippen LogP contribution in [0.4, 0.5) is 0 Å². The molecule has 160 valence electrons. The molecule has 0 unspecified atom stereocenters. The normalized spacial score (nSPS) is 15.3. The zero-order chi connectivity index (χ0) is 21.7. The Hall–Kier alpha value is -3.11. The number of carbonyl (C=O) groups excluding carboxylic acids is 1. The van der Waals surface area contributed by atoms with E-state index in [1.54, 1.807) is 28.9 Å². The number of piperidine rings is 1. The number of rotatable bonds is 3. The summed E-state index contributed by atoms with van der Waals surface area (Å²) in [5.41, 5.74) is 3.99. The maximum absolute atomic E-state index is 13.2. The Morgan fingerprint density at radius 2 is 2.00 bits per heavy atom. The van der Waals surface area contributed by atoms with Crippen molar-refractivity contribution in [3.63, 3.8) is 0 Å². The molecule has 1 amide bonds. The summed E-state index contributed by atoms with van der Waals surface area (Å²) >= 11 is 1.48. The summed E-state index contributed by atoms with van der Waals surface area (Å²) in [6.45, 7) is 2.48. The molecule has 4 aromatic rings. The van der Waals surface area contributed by atoms with Gasteiger partial charge in [-0.2, -0.15) is 0 Å². The number of likely N-dealkylation sites (tertiary alicyclic amines) is 1. The fourth-order valence-electron chi connectivity index (χ4n) is 4.23. The lowest BCUT2D eigenvalue weighted by Gasteiger charge is -2.32. The van der Waals surface area contributed by atoms with Crippen LogP contribution in [-0.2, 0) is 11.8 Å². The Labute approximate surface area is 181 Å². The van der Waals surface area contributed by atoms with Crippen molar-refractivity contribution in [2.45, 2.75) is 25.8 Å². The van der Waals surface area contributed by atoms with Gasteiger partial charge in [0.05, 0.1) is 11.7 Å². The van der Waals surface area contributed by atoms with Gasteiger partial charge in [0.25, 0.3) is 0 Å². The van der Waals surface area contributed by atoms with Crippen LogP contribution in [0.25, 0.3) is 32.0 Å². The molecule has 4 aromatic heterocycles. The van der Waals surface area contributed by atoms with Gasteiger partial charge >= 0.3 is 5.69 Å². The van der Waals surface area contributed by atoms with Crippen LogP contribution in [0.5, 0.6) is 0 Å². The topological polar surface area (TPSA) is 106 Å². The highest BCUT2D eigenvalue weighted by atomic mass is 32.1. The zero-order valence-corrected chi connectivity index (χ0v) is 18.1. The second-order valence-electron chi connectivity index (χ2n) is 7.83. The van der Waals surface area contributed by atoms with Crippen LogP contribution in [0.3, 0.4) is 0 Å². The molecule has 0 spiro atoms. The molecule has 0 aromatic carbocycles. The molecular formula is C21H22N6O3S. The van der Waals surface area contributed by atoms with Crippen LogP contribution in [0, 0.1) is 6.92 Å². The third-order valence-electron chi connectivity index (χ3n) is 5.95. The summed E-state index contributed by atoms with van der Waals surface area (Å²) < 4.78 is 3.43. The van der Waals surface area contributed by atoms with E-state index in [0.717, 1.165) is 32.1 Å². The van der Waals surface area contributed by atoms with Crippen molar-refractivity contribution in [2.75, 3.05) is 19.7 Å². The number of pyridine rings is 2. The molecule has 5 rings (SSSR count). The van der Waals surface area contributed by atoms with Crippen LogP contribution < -0.4 is 5.69 Å². The second kappa shape index (κ2) is 7.54. The number of thiazole rings is 1. The minimum Gasteiger partial charge on any atom is -0.387 e. The van der Waals surface area contributed by atoms with E-state index < -0.39 is 6.61 Å². The summed E-state index contributed by atoms with van der Waals surface area (Å²) in [6.07, 6.45) is 4.83. The smallest absolute Gasteiger partial charge is 0.329 e. The van der Waals surface area contributed by atoms with Gasteiger partial charge in [0.2, 0.25) is 5.91 Å². The number of aryl methyl sites for hydroxylation is 2. The van der Waals surface area contributed by atoms with E-state index in [4.69, 9.17) is 10.1 Å². The summed E-state index contributed by atoms with van der Waals surface area (Å²) in [5, 5.41) is 9.93. The molecule has 31 heavy (non-hydrogen) atoms. The Balaban J connectivity index is 1.62. The number of aliphatic hydroxyl groups excluding tert-OH is 1. The predicted octanol–water partition coefficient (Wildman–Crippen LogP) is 1.87. The van der Waals surface area contributed by atoms with E-state index in [9.17, 15) is 9.59 Å². The second-order valence-corrected chi connectivity index (χ2v) is 8.81. The van der Waals surface area contributed by atoms with Crippen LogP contribution >= 0.6 is 11.3 Å². The maximum atomic E-state index is 13.2. The summed E-state index contributed by atoms with van der Waals surface area (Å²) in [6, 6.07) is 3.89. The van der Waals surface area contributed by atoms with E-state index in [1.807, 2.05) is 23.6 Å². The number of carbonyl (C=O) groups is 1. The van der Waals surface area contributed by atoms with Crippen molar-refractivity contribution in [2.24, 2.45) is 7.05 Å². The molecule has 1 aliphatic heterocycles. The number of aromatic nitrogens is 5. The molecule has 9 nitrogen and oxygen atoms in total. The predicted molar refractivity (Wildman–Crippen MR) is 118 cm³/mol. The molecule has 1 saturated heterocycles. The Morgan fingerprint density at radius 3 is 2.68 bits per heavy atom. The van der Waals surface area contributed by atoms with E-state index >= 15 is 0 Å². The number of fused-ring (bicyclic) bond motifs is 3. The van der Waals surface area contributed by atoms with E-state index in [1.165, 1.54) is 11.3 Å². The van der Waals surface area contributed by atoms with Gasteiger partial charge in [-0.3, -0.25) is 18.9 Å². The van der Waals surface area contributed by atoms with Crippen molar-refractivity contribution in [1.29, 1.82) is 0 Å². The molecule has 10 heteroatoms. The van der Waals surface area contributed by atoms with Crippen molar-refractivity contribution in [1.82, 2.24) is 29.0 Å². The molecule has 0 bridgehead atoms. The fraction of sp³-hybridized carbons (Fsp3) is 0.381. The Morgan fingerprint density at radius 1 is 1.23 bits per heavy atom. The lowest BCUT2D eigenvalue weighted by molar-refractivity contribution is -0.135. The largest absolute Gasteiger partial charge is 0.387 e. The first-order valence-electron chi connectivity index (χ1n) is 10.2. The third kappa shape index (κ3) is 3.22. The van der Waals surface area contributed by atoms with Crippen molar-refractivity contribution < 1.29 is 9.90 Å². The minimum absolute atomic E-state index is 0.0456. The van der Waals surface area contributed by atoms with Crippen LogP contribution in [0.2, 0.25) is 0 Å². The van der Waals surface area contributed by atoms with Gasteiger partial charge < -0.3 is 10.0 Å². The van der Waals surface area contributed by atoms with Crippen LogP contribution in [-0.4, -0.2) is 59.7 Å². The van der Waals surface area contributed by atoms with E-state index in [2.05, 4.69) is 9.97 Å². The van der Waals surface area contributed by atoms with E-state index in [-0.39, 0.29) is 17.6 Å². The fourth-order valence-corrected chi connectivity index (χ4v) is 5.13. The zero-order valence-electron chi connectivity index (χ0n) is 17.3. The number of aliphatic hydroxyl groups is 1. The monoisotopic (exact) mass is 438 g/mol. The first kappa shape index (κ1) is 19.8. The van der Waals surface area contributed by atoms with Gasteiger partial charge in [0.15, 0.2) is 0 Å². The third-order valence-corrected chi connectivity index (χ3v) is 6.96. The quantitative estimate of drug-likeness (QED) is 0.523. The highest BCUT2D eigenvalue weighted by Gasteiger charge is 2.28. The van der Waals surface area contributed by atoms with Gasteiger partial charge in [-0.15, -0.1) is 0 Å². The van der Waals surface area contributed by atoms with E-state index in [0.29, 0.717) is 31.4 Å². The van der Waals surface area contributed by atoms with Gasteiger partial charge in [-0.1, -0.05) is 11.3 Å². The average molecular weight is 439 g/mol. The van der Waals surface area contributed by atoms with Crippen molar-refractivity contribution in [3.05, 3.63) is 40.7 Å². The number of nitrogens with zero attached hydrogens (tertiary/aromatic N) is 6. The highest BCUT2D eigenvalue weighted by Crippen LogP contribution is 2.34. The lowest BCUT2D eigenvalue weighted by atomic mass is 10.0. The van der Waals surface area contributed by atoms with Crippen LogP contribution in [0.15, 0.2) is 29.3 Å². The summed E-state index contributed by atoms with van der Waals surface area (Å²) in [5.74, 6) is -0.272. The maximum Gasteiger partial charge on any atom is 0.329 e. The SMILES string of the molecule is Cc1ccc(-c2nc3c(ncc4c3n(C3CCN(C(=O)CO)CC3)c(=O)n4C)s2)cn1. The van der Waals surface area contributed by atoms with Crippen molar-refractivity contribution in [3.8, 4) is 10.6 Å². The average Bonchev–Trinajstić information content (AvgIpc) is 3.33. The van der Waals surface area contributed by atoms with Gasteiger partial charge in [0.1, 0.15) is 27.5 Å². The van der Waals surface area contributed by atoms with Crippen molar-refractivity contribution >= 4 is 38.6 Å². The Bertz CT molecular complexity index is 1350. The number of hydrogen-bond acceptors (Lipinski definition) is 7. The number of hydrogen-bond donors (Lipinski definition) is 1. The molecule has 1 aliphatic rings. The molecule has 0 saturated carbocycles. The van der Waals surface area contributed by atoms with Gasteiger partial charge in [-0.25, -0.2) is 14.8 Å². The Kier molecular flexibility index (Phi) is 4.82. The van der Waals surface area contributed by atoms with Crippen LogP contribution in [0.1, 0.15) is 24.6 Å². The molecule has 1 N–H and O–H groups in total. The lowest BCUT2D eigenvalue weighted by Crippen LogP contribution is -2.42. The first-order valence-corrected chi connectivity index (χ1v) is 11.0. The summed E-state index contributed by atoms with van der Waals surface area (Å²) in [4.78, 5) is 41.2. The number of imidazole rings is 1. The minimum atomic E-state index is -0.485. The van der Waals surface area contributed by atoms with Gasteiger partial charge in [-0.05, 0) is 31.9 Å². The molecule has 1 fully saturated rings. The first-order chi connectivity index (χ1) is 15.0. The molecule has 0 radical (unpaired) electrons. The molecular weight excluding hydrogens is 416 g/mol. The standard InChI is InChI=1S/C21H22N6O3S/c1-12-3-4-13(9-22-12)19-24-17-18-15(10-23-20(17)31-19)25(2)21(30)27(18)14-5-7-26(8-6-14)16(29)11-28/h3-4,9-10,14,28H,5-8,11H2,1-2H3. The number of amides is 1. The molecule has 5 heterocycles. The van der Waals surface area contributed by atoms with Gasteiger partial charge in [0, 0.05) is 43.6 Å². The molecule has 0 aliphatic carbocycles.